The number of nitrogens with one attached hydrogen (secondary N) is 2. The fraction of sp³-hybridized carbons (Fsp3) is 0.619. The van der Waals surface area contributed by atoms with E-state index < -0.39 is 16.1 Å². The van der Waals surface area contributed by atoms with E-state index in [1.165, 1.54) is 10.4 Å². The summed E-state index contributed by atoms with van der Waals surface area (Å²) in [5, 5.41) is 5.67. The van der Waals surface area contributed by atoms with Gasteiger partial charge in [-0.15, -0.1) is 0 Å². The fourth-order valence-corrected chi connectivity index (χ4v) is 5.51. The molecule has 2 heterocycles. The molecule has 1 aromatic rings. The second-order valence-corrected chi connectivity index (χ2v) is 10.4. The maximum absolute atomic E-state index is 13.4. The quantitative estimate of drug-likeness (QED) is 0.710. The molecule has 166 valence electrons. The molecule has 0 spiro atoms. The van der Waals surface area contributed by atoms with Crippen LogP contribution in [0.1, 0.15) is 45.6 Å². The Balaban J connectivity index is 1.77. The largest absolute Gasteiger partial charge is 0.479 e. The van der Waals surface area contributed by atoms with Gasteiger partial charge in [0.05, 0.1) is 16.5 Å². The molecular formula is C21H31N3O5S. The second kappa shape index (κ2) is 8.93. The Morgan fingerprint density at radius 2 is 2.10 bits per heavy atom. The molecule has 2 aliphatic rings. The third kappa shape index (κ3) is 4.78. The van der Waals surface area contributed by atoms with E-state index in [0.29, 0.717) is 48.8 Å². The summed E-state index contributed by atoms with van der Waals surface area (Å²) in [7, 11) is -3.80. The van der Waals surface area contributed by atoms with Crippen LogP contribution in [0.3, 0.4) is 0 Å². The van der Waals surface area contributed by atoms with Gasteiger partial charge in [0.25, 0.3) is 5.91 Å². The van der Waals surface area contributed by atoms with E-state index in [2.05, 4.69) is 24.5 Å². The van der Waals surface area contributed by atoms with Gasteiger partial charge in [0.2, 0.25) is 15.9 Å². The molecule has 0 saturated carbocycles. The summed E-state index contributed by atoms with van der Waals surface area (Å²) in [4.78, 5) is 24.5. The summed E-state index contributed by atoms with van der Waals surface area (Å²) < 4.78 is 33.7. The van der Waals surface area contributed by atoms with Gasteiger partial charge in [0.1, 0.15) is 5.75 Å². The Kier molecular flexibility index (Phi) is 6.71. The van der Waals surface area contributed by atoms with Crippen LogP contribution in [-0.2, 0) is 19.6 Å². The van der Waals surface area contributed by atoms with Gasteiger partial charge in [0.15, 0.2) is 6.10 Å². The molecule has 0 radical (unpaired) electrons. The highest BCUT2D eigenvalue weighted by Crippen LogP contribution is 2.36. The van der Waals surface area contributed by atoms with Crippen molar-refractivity contribution in [1.82, 2.24) is 9.62 Å². The molecule has 1 aromatic carbocycles. The lowest BCUT2D eigenvalue weighted by molar-refractivity contribution is -0.126. The summed E-state index contributed by atoms with van der Waals surface area (Å²) in [6.45, 7) is 8.64. The zero-order chi connectivity index (χ0) is 22.1. The Labute approximate surface area is 178 Å². The Morgan fingerprint density at radius 3 is 2.80 bits per heavy atom. The highest BCUT2D eigenvalue weighted by atomic mass is 32.2. The number of piperidine rings is 1. The molecule has 0 aromatic heterocycles. The van der Waals surface area contributed by atoms with Crippen molar-refractivity contribution in [3.05, 3.63) is 17.7 Å². The number of aryl methyl sites for hydroxylation is 1. The number of benzene rings is 1. The van der Waals surface area contributed by atoms with Crippen LogP contribution in [0.2, 0.25) is 0 Å². The zero-order valence-electron chi connectivity index (χ0n) is 18.0. The van der Waals surface area contributed by atoms with Crippen molar-refractivity contribution in [1.29, 1.82) is 0 Å². The molecule has 30 heavy (non-hydrogen) atoms. The molecule has 9 heteroatoms. The number of nitrogens with zero attached hydrogens (tertiary/aromatic N) is 1. The van der Waals surface area contributed by atoms with Gasteiger partial charge < -0.3 is 15.4 Å². The van der Waals surface area contributed by atoms with Crippen LogP contribution >= 0.6 is 0 Å². The van der Waals surface area contributed by atoms with Crippen LogP contribution in [0, 0.1) is 18.8 Å². The molecule has 2 amide bonds. The lowest BCUT2D eigenvalue weighted by Gasteiger charge is -2.32. The van der Waals surface area contributed by atoms with E-state index in [1.807, 2.05) is 0 Å². The molecule has 2 N–H and O–H groups in total. The maximum atomic E-state index is 13.4. The van der Waals surface area contributed by atoms with Crippen molar-refractivity contribution in [2.45, 2.75) is 58.0 Å². The minimum absolute atomic E-state index is 0.0856. The van der Waals surface area contributed by atoms with Crippen molar-refractivity contribution in [3.8, 4) is 5.75 Å². The predicted molar refractivity (Wildman–Crippen MR) is 114 cm³/mol. The Morgan fingerprint density at radius 1 is 1.37 bits per heavy atom. The van der Waals surface area contributed by atoms with E-state index >= 15 is 0 Å². The second-order valence-electron chi connectivity index (χ2n) is 8.54. The van der Waals surface area contributed by atoms with E-state index in [1.54, 1.807) is 19.9 Å². The van der Waals surface area contributed by atoms with Gasteiger partial charge in [-0.3, -0.25) is 9.59 Å². The number of carbonyl (C=O) groups excluding carboxylic acids is 2. The van der Waals surface area contributed by atoms with E-state index in [-0.39, 0.29) is 29.2 Å². The van der Waals surface area contributed by atoms with Crippen LogP contribution in [0.25, 0.3) is 0 Å². The first-order chi connectivity index (χ1) is 14.1. The smallest absolute Gasteiger partial charge is 0.265 e. The van der Waals surface area contributed by atoms with Gasteiger partial charge in [-0.05, 0) is 50.7 Å². The number of hydrogen-bond acceptors (Lipinski definition) is 5. The first-order valence-electron chi connectivity index (χ1n) is 10.5. The monoisotopic (exact) mass is 437 g/mol. The van der Waals surface area contributed by atoms with Crippen molar-refractivity contribution >= 4 is 27.5 Å². The highest BCUT2D eigenvalue weighted by Gasteiger charge is 2.35. The molecule has 0 bridgehead atoms. The van der Waals surface area contributed by atoms with Crippen LogP contribution in [0.4, 0.5) is 5.69 Å². The number of sulfonamides is 1. The number of carbonyl (C=O) groups is 2. The SMILES string of the molecule is Cc1cc2c(cc1S(=O)(=O)N1CCC[C@H](C(=O)NCCC(C)C)C1)O[C@H](C)C(=O)N2. The van der Waals surface area contributed by atoms with Gasteiger partial charge in [-0.2, -0.15) is 4.31 Å². The fourth-order valence-electron chi connectivity index (χ4n) is 3.76. The summed E-state index contributed by atoms with van der Waals surface area (Å²) in [5.74, 6) is 0.133. The van der Waals surface area contributed by atoms with Crippen molar-refractivity contribution in [2.24, 2.45) is 11.8 Å². The predicted octanol–water partition coefficient (Wildman–Crippen LogP) is 2.28. The van der Waals surface area contributed by atoms with Crippen LogP contribution in [0.5, 0.6) is 5.75 Å². The van der Waals surface area contributed by atoms with Crippen LogP contribution in [-0.4, -0.2) is 50.3 Å². The van der Waals surface area contributed by atoms with Gasteiger partial charge in [-0.25, -0.2) is 8.42 Å². The average molecular weight is 438 g/mol. The number of fused-ring (bicyclic) bond motifs is 1. The minimum Gasteiger partial charge on any atom is -0.479 e. The Bertz CT molecular complexity index is 929. The molecule has 0 aliphatic carbocycles. The standard InChI is InChI=1S/C21H31N3O5S/c1-13(2)7-8-22-21(26)16-6-5-9-24(12-16)30(27,28)19-11-18-17(10-14(19)3)23-20(25)15(4)29-18/h10-11,13,15-16H,5-9,12H2,1-4H3,(H,22,26)(H,23,25)/t15-,16+/m1/s1. The first kappa shape index (κ1) is 22.6. The zero-order valence-corrected chi connectivity index (χ0v) is 18.8. The first-order valence-corrected chi connectivity index (χ1v) is 11.9. The minimum atomic E-state index is -3.80. The average Bonchev–Trinajstić information content (AvgIpc) is 2.68. The lowest BCUT2D eigenvalue weighted by atomic mass is 9.98. The van der Waals surface area contributed by atoms with Crippen molar-refractivity contribution < 1.29 is 22.7 Å². The summed E-state index contributed by atoms with van der Waals surface area (Å²) in [5.41, 5.74) is 0.992. The molecule has 2 aliphatic heterocycles. The topological polar surface area (TPSA) is 105 Å². The molecule has 2 atom stereocenters. The van der Waals surface area contributed by atoms with E-state index in [4.69, 9.17) is 4.74 Å². The summed E-state index contributed by atoms with van der Waals surface area (Å²) in [6, 6.07) is 3.09. The van der Waals surface area contributed by atoms with Crippen LogP contribution < -0.4 is 15.4 Å². The maximum Gasteiger partial charge on any atom is 0.265 e. The van der Waals surface area contributed by atoms with E-state index in [9.17, 15) is 18.0 Å². The molecule has 3 rings (SSSR count). The molecular weight excluding hydrogens is 406 g/mol. The third-order valence-electron chi connectivity index (χ3n) is 5.60. The summed E-state index contributed by atoms with van der Waals surface area (Å²) >= 11 is 0. The number of amides is 2. The number of rotatable bonds is 6. The molecule has 1 fully saturated rings. The van der Waals surface area contributed by atoms with Crippen LogP contribution in [0.15, 0.2) is 17.0 Å². The van der Waals surface area contributed by atoms with Crippen molar-refractivity contribution in [2.75, 3.05) is 25.0 Å². The lowest BCUT2D eigenvalue weighted by Crippen LogP contribution is -2.45. The van der Waals surface area contributed by atoms with Gasteiger partial charge >= 0.3 is 0 Å². The number of anilines is 1. The molecule has 0 unspecified atom stereocenters. The summed E-state index contributed by atoms with van der Waals surface area (Å²) in [6.07, 6.45) is 1.51. The molecule has 8 nitrogen and oxygen atoms in total. The number of ether oxygens (including phenoxy) is 1. The van der Waals surface area contributed by atoms with Gasteiger partial charge in [0, 0.05) is 25.7 Å². The molecule has 1 saturated heterocycles. The number of hydrogen-bond donors (Lipinski definition) is 2. The Hall–Kier alpha value is -2.13. The van der Waals surface area contributed by atoms with Crippen molar-refractivity contribution in [3.63, 3.8) is 0 Å². The highest BCUT2D eigenvalue weighted by molar-refractivity contribution is 7.89. The normalized spacial score (nSPS) is 22.2. The van der Waals surface area contributed by atoms with Gasteiger partial charge in [-0.1, -0.05) is 13.8 Å². The third-order valence-corrected chi connectivity index (χ3v) is 7.61. The van der Waals surface area contributed by atoms with E-state index in [0.717, 1.165) is 6.42 Å².